The summed E-state index contributed by atoms with van der Waals surface area (Å²) in [6, 6.07) is 0. The van der Waals surface area contributed by atoms with Gasteiger partial charge in [0.05, 0.1) is 0 Å². The van der Waals surface area contributed by atoms with E-state index in [4.69, 9.17) is 5.11 Å². The van der Waals surface area contributed by atoms with Crippen molar-refractivity contribution in [1.82, 2.24) is 5.32 Å². The van der Waals surface area contributed by atoms with Crippen molar-refractivity contribution in [3.05, 3.63) is 0 Å². The molecule has 2 N–H and O–H groups in total. The van der Waals surface area contributed by atoms with Crippen LogP contribution in [0.15, 0.2) is 0 Å². The minimum Gasteiger partial charge on any atom is -0.396 e. The predicted octanol–water partition coefficient (Wildman–Crippen LogP) is 0.757. The van der Waals surface area contributed by atoms with E-state index in [1.807, 2.05) is 0 Å². The van der Waals surface area contributed by atoms with Gasteiger partial charge in [0.25, 0.3) is 0 Å². The van der Waals surface area contributed by atoms with E-state index in [9.17, 15) is 0 Å². The molecule has 0 aromatic rings. The van der Waals surface area contributed by atoms with Crippen LogP contribution in [0.3, 0.4) is 0 Å². The molecule has 1 aliphatic carbocycles. The van der Waals surface area contributed by atoms with Gasteiger partial charge in [-0.15, -0.1) is 0 Å². The van der Waals surface area contributed by atoms with Gasteiger partial charge < -0.3 is 10.4 Å². The molecule has 2 heteroatoms. The lowest BCUT2D eigenvalue weighted by atomic mass is 9.85. The molecule has 0 bridgehead atoms. The second-order valence-corrected chi connectivity index (χ2v) is 4.15. The van der Waals surface area contributed by atoms with Crippen LogP contribution in [0.2, 0.25) is 0 Å². The average Bonchev–Trinajstić information content (AvgIpc) is 2.44. The Morgan fingerprint density at radius 2 is 2.27 bits per heavy atom. The molecule has 2 nitrogen and oxygen atoms in total. The lowest BCUT2D eigenvalue weighted by Gasteiger charge is -2.30. The molecule has 0 aromatic carbocycles. The summed E-state index contributed by atoms with van der Waals surface area (Å²) in [6.07, 6.45) is 3.84. The van der Waals surface area contributed by atoms with Crippen LogP contribution in [-0.4, -0.2) is 23.8 Å². The molecule has 2 aliphatic rings. The molecular formula is C9H17NO. The summed E-state index contributed by atoms with van der Waals surface area (Å²) in [5, 5.41) is 12.7. The van der Waals surface area contributed by atoms with Gasteiger partial charge in [-0.1, -0.05) is 0 Å². The van der Waals surface area contributed by atoms with E-state index in [-0.39, 0.29) is 5.54 Å². The van der Waals surface area contributed by atoms with Crippen LogP contribution < -0.4 is 5.32 Å². The molecule has 3 unspecified atom stereocenters. The number of nitrogens with one attached hydrogen (secondary N) is 1. The zero-order valence-corrected chi connectivity index (χ0v) is 7.14. The van der Waals surface area contributed by atoms with Crippen LogP contribution in [0.5, 0.6) is 0 Å². The molecule has 2 rings (SSSR count). The Balaban J connectivity index is 2.16. The topological polar surface area (TPSA) is 32.3 Å². The van der Waals surface area contributed by atoms with Crippen molar-refractivity contribution >= 4 is 0 Å². The maximum absolute atomic E-state index is 9.14. The number of aliphatic hydroxyl groups is 1. The van der Waals surface area contributed by atoms with Gasteiger partial charge in [0.15, 0.2) is 0 Å². The van der Waals surface area contributed by atoms with Crippen molar-refractivity contribution in [2.75, 3.05) is 13.2 Å². The van der Waals surface area contributed by atoms with Gasteiger partial charge in [0, 0.05) is 18.1 Å². The Morgan fingerprint density at radius 3 is 3.00 bits per heavy atom. The number of aliphatic hydroxyl groups excluding tert-OH is 1. The van der Waals surface area contributed by atoms with Gasteiger partial charge in [-0.25, -0.2) is 0 Å². The Labute approximate surface area is 68.0 Å². The second-order valence-electron chi connectivity index (χ2n) is 4.15. The third-order valence-electron chi connectivity index (χ3n) is 3.78. The first kappa shape index (κ1) is 7.56. The molecule has 1 saturated heterocycles. The molecule has 0 radical (unpaired) electrons. The monoisotopic (exact) mass is 155 g/mol. The molecule has 0 spiro atoms. The second kappa shape index (κ2) is 2.46. The van der Waals surface area contributed by atoms with Gasteiger partial charge in [-0.2, -0.15) is 0 Å². The maximum atomic E-state index is 9.14. The average molecular weight is 155 g/mol. The van der Waals surface area contributed by atoms with E-state index in [0.29, 0.717) is 12.5 Å². The van der Waals surface area contributed by atoms with Crippen molar-refractivity contribution in [3.8, 4) is 0 Å². The van der Waals surface area contributed by atoms with Crippen molar-refractivity contribution in [1.29, 1.82) is 0 Å². The maximum Gasteiger partial charge on any atom is 0.0476 e. The number of hydrogen-bond acceptors (Lipinski definition) is 2. The van der Waals surface area contributed by atoms with Gasteiger partial charge in [-0.05, 0) is 38.6 Å². The summed E-state index contributed by atoms with van der Waals surface area (Å²) in [7, 11) is 0. The Kier molecular flexibility index (Phi) is 1.69. The highest BCUT2D eigenvalue weighted by atomic mass is 16.3. The zero-order chi connectivity index (χ0) is 7.90. The van der Waals surface area contributed by atoms with Crippen LogP contribution in [-0.2, 0) is 0 Å². The van der Waals surface area contributed by atoms with Gasteiger partial charge in [-0.3, -0.25) is 0 Å². The van der Waals surface area contributed by atoms with E-state index in [1.54, 1.807) is 0 Å². The fraction of sp³-hybridized carbons (Fsp3) is 1.00. The Morgan fingerprint density at radius 1 is 1.45 bits per heavy atom. The highest BCUT2D eigenvalue weighted by Crippen LogP contribution is 2.44. The van der Waals surface area contributed by atoms with Crippen LogP contribution in [0.25, 0.3) is 0 Å². The largest absolute Gasteiger partial charge is 0.396 e. The number of hydrogen-bond donors (Lipinski definition) is 2. The Bertz CT molecular complexity index is 160. The van der Waals surface area contributed by atoms with Crippen molar-refractivity contribution < 1.29 is 5.11 Å². The summed E-state index contributed by atoms with van der Waals surface area (Å²) in [5.41, 5.74) is 0.273. The van der Waals surface area contributed by atoms with E-state index < -0.39 is 0 Å². The SMILES string of the molecule is CC12NCCC1CCC2CO. The number of fused-ring (bicyclic) bond motifs is 1. The molecule has 1 heterocycles. The van der Waals surface area contributed by atoms with Crippen LogP contribution >= 0.6 is 0 Å². The minimum absolute atomic E-state index is 0.273. The van der Waals surface area contributed by atoms with Gasteiger partial charge in [0.2, 0.25) is 0 Å². The summed E-state index contributed by atoms with van der Waals surface area (Å²) in [6.45, 7) is 3.79. The van der Waals surface area contributed by atoms with Crippen LogP contribution in [0.1, 0.15) is 26.2 Å². The zero-order valence-electron chi connectivity index (χ0n) is 7.14. The van der Waals surface area contributed by atoms with Crippen LogP contribution in [0, 0.1) is 11.8 Å². The fourth-order valence-corrected chi connectivity index (χ4v) is 2.86. The first-order valence-corrected chi connectivity index (χ1v) is 4.63. The smallest absolute Gasteiger partial charge is 0.0476 e. The highest BCUT2D eigenvalue weighted by Gasteiger charge is 2.48. The first-order valence-electron chi connectivity index (χ1n) is 4.63. The summed E-state index contributed by atoms with van der Waals surface area (Å²) < 4.78 is 0. The van der Waals surface area contributed by atoms with Crippen molar-refractivity contribution in [2.24, 2.45) is 11.8 Å². The van der Waals surface area contributed by atoms with Gasteiger partial charge >= 0.3 is 0 Å². The normalized spacial score (nSPS) is 49.6. The first-order chi connectivity index (χ1) is 5.27. The van der Waals surface area contributed by atoms with Gasteiger partial charge in [0.1, 0.15) is 0 Å². The summed E-state index contributed by atoms with van der Waals surface area (Å²) in [5.74, 6) is 1.34. The highest BCUT2D eigenvalue weighted by molar-refractivity contribution is 5.05. The van der Waals surface area contributed by atoms with E-state index in [0.717, 1.165) is 12.5 Å². The molecule has 0 amide bonds. The van der Waals surface area contributed by atoms with Crippen LogP contribution in [0.4, 0.5) is 0 Å². The summed E-state index contributed by atoms with van der Waals surface area (Å²) >= 11 is 0. The molecular weight excluding hydrogens is 138 g/mol. The lowest BCUT2D eigenvalue weighted by molar-refractivity contribution is 0.158. The van der Waals surface area contributed by atoms with Crippen molar-refractivity contribution in [3.63, 3.8) is 0 Å². The molecule has 3 atom stereocenters. The molecule has 64 valence electrons. The third kappa shape index (κ3) is 0.926. The number of rotatable bonds is 1. The fourth-order valence-electron chi connectivity index (χ4n) is 2.86. The molecule has 1 aliphatic heterocycles. The third-order valence-corrected chi connectivity index (χ3v) is 3.78. The summed E-state index contributed by atoms with van der Waals surface area (Å²) in [4.78, 5) is 0. The van der Waals surface area contributed by atoms with E-state index >= 15 is 0 Å². The lowest BCUT2D eigenvalue weighted by Crippen LogP contribution is -2.45. The predicted molar refractivity (Wildman–Crippen MR) is 44.3 cm³/mol. The van der Waals surface area contributed by atoms with E-state index in [1.165, 1.54) is 19.3 Å². The minimum atomic E-state index is 0.273. The molecule has 0 aromatic heterocycles. The quantitative estimate of drug-likeness (QED) is 0.586. The van der Waals surface area contributed by atoms with Crippen molar-refractivity contribution in [2.45, 2.75) is 31.7 Å². The Hall–Kier alpha value is -0.0800. The molecule has 11 heavy (non-hydrogen) atoms. The molecule has 1 saturated carbocycles. The standard InChI is InChI=1S/C9H17NO/c1-9-7(4-5-10-9)2-3-8(9)6-11/h7-8,10-11H,2-6H2,1H3. The molecule has 2 fully saturated rings. The van der Waals surface area contributed by atoms with E-state index in [2.05, 4.69) is 12.2 Å².